The van der Waals surface area contributed by atoms with Crippen LogP contribution in [0, 0.1) is 10.1 Å². The van der Waals surface area contributed by atoms with E-state index in [1.54, 1.807) is 19.2 Å². The average Bonchev–Trinajstić information content (AvgIpc) is 3.06. The quantitative estimate of drug-likeness (QED) is 0.235. The number of carbonyl (C=O) groups is 2. The van der Waals surface area contributed by atoms with E-state index in [1.165, 1.54) is 34.9 Å². The lowest BCUT2D eigenvalue weighted by atomic mass is 10.1. The van der Waals surface area contributed by atoms with E-state index in [0.717, 1.165) is 18.8 Å². The number of nitro benzene ring substituents is 1. The van der Waals surface area contributed by atoms with Gasteiger partial charge in [-0.1, -0.05) is 30.0 Å². The average molecular weight is 501 g/mol. The molecule has 34 heavy (non-hydrogen) atoms. The first-order valence-electron chi connectivity index (χ1n) is 10.5. The molecule has 2 aromatic carbocycles. The number of ether oxygens (including phenoxy) is 1. The molecule has 2 amide bonds. The maximum absolute atomic E-state index is 12.5. The van der Waals surface area contributed by atoms with Crippen LogP contribution in [-0.2, 0) is 9.59 Å². The molecule has 1 aliphatic heterocycles. The number of rotatable bonds is 9. The Balaban J connectivity index is 1.83. The molecule has 9 nitrogen and oxygen atoms in total. The zero-order valence-electron chi connectivity index (χ0n) is 18.9. The highest BCUT2D eigenvalue weighted by molar-refractivity contribution is 8.26. The van der Waals surface area contributed by atoms with Crippen LogP contribution < -0.4 is 15.0 Å². The second kappa shape index (κ2) is 11.1. The van der Waals surface area contributed by atoms with Gasteiger partial charge in [0, 0.05) is 55.3 Å². The lowest BCUT2D eigenvalue weighted by molar-refractivity contribution is -0.384. The number of nitrogens with zero attached hydrogens (tertiary/aromatic N) is 3. The second-order valence-electron chi connectivity index (χ2n) is 7.28. The molecule has 1 N–H and O–H groups in total. The number of non-ortho nitro benzene ring substituents is 1. The first kappa shape index (κ1) is 25.2. The number of nitrogens with one attached hydrogen (secondary N) is 1. The molecule has 0 saturated carbocycles. The minimum absolute atomic E-state index is 0.124. The standard InChI is InChI=1S/C23H24N4O5S2/c1-4-26(5-2)17-10-9-15(11-20-22(29)25(3)23(33)34-20)19(13-17)32-14-21(28)24-16-7-6-8-18(12-16)27(30)31/h6-13H,4-5,14H2,1-3H3,(H,24,28)/b20-11-. The van der Waals surface area contributed by atoms with Gasteiger partial charge in [0.25, 0.3) is 17.5 Å². The number of hydrogen-bond donors (Lipinski definition) is 1. The van der Waals surface area contributed by atoms with Crippen LogP contribution in [0.25, 0.3) is 6.08 Å². The van der Waals surface area contributed by atoms with Gasteiger partial charge in [-0.15, -0.1) is 0 Å². The highest BCUT2D eigenvalue weighted by atomic mass is 32.2. The van der Waals surface area contributed by atoms with Crippen LogP contribution in [0.15, 0.2) is 47.4 Å². The van der Waals surface area contributed by atoms with Gasteiger partial charge in [0.05, 0.1) is 9.83 Å². The van der Waals surface area contributed by atoms with Crippen molar-refractivity contribution in [1.82, 2.24) is 4.90 Å². The molecule has 2 aromatic rings. The van der Waals surface area contributed by atoms with Crippen molar-refractivity contribution in [1.29, 1.82) is 0 Å². The molecule has 0 aromatic heterocycles. The Morgan fingerprint density at radius 1 is 1.26 bits per heavy atom. The number of thiocarbonyl (C=S) groups is 1. The van der Waals surface area contributed by atoms with Crippen LogP contribution in [-0.4, -0.2) is 52.7 Å². The highest BCUT2D eigenvalue weighted by Gasteiger charge is 2.29. The Labute approximate surface area is 206 Å². The zero-order valence-corrected chi connectivity index (χ0v) is 20.6. The smallest absolute Gasteiger partial charge is 0.271 e. The molecule has 11 heteroatoms. The van der Waals surface area contributed by atoms with Crippen molar-refractivity contribution in [3.8, 4) is 5.75 Å². The summed E-state index contributed by atoms with van der Waals surface area (Å²) in [6.45, 7) is 5.34. The monoisotopic (exact) mass is 500 g/mol. The van der Waals surface area contributed by atoms with E-state index in [1.807, 2.05) is 32.0 Å². The summed E-state index contributed by atoms with van der Waals surface area (Å²) < 4.78 is 6.31. The number of anilines is 2. The Bertz CT molecular complexity index is 1160. The fourth-order valence-corrected chi connectivity index (χ4v) is 4.45. The largest absolute Gasteiger partial charge is 0.483 e. The van der Waals surface area contributed by atoms with Gasteiger partial charge in [0.15, 0.2) is 6.61 Å². The second-order valence-corrected chi connectivity index (χ2v) is 8.96. The summed E-state index contributed by atoms with van der Waals surface area (Å²) in [6.07, 6.45) is 1.70. The highest BCUT2D eigenvalue weighted by Crippen LogP contribution is 2.34. The Morgan fingerprint density at radius 3 is 2.62 bits per heavy atom. The van der Waals surface area contributed by atoms with Crippen LogP contribution in [0.3, 0.4) is 0 Å². The fraction of sp³-hybridized carbons (Fsp3) is 0.261. The molecule has 1 saturated heterocycles. The molecule has 0 bridgehead atoms. The molecule has 0 atom stereocenters. The number of thioether (sulfide) groups is 1. The number of likely N-dealkylation sites (N-methyl/N-ethyl adjacent to an activating group) is 1. The molecule has 0 unspecified atom stereocenters. The third-order valence-corrected chi connectivity index (χ3v) is 6.58. The van der Waals surface area contributed by atoms with E-state index in [2.05, 4.69) is 10.2 Å². The van der Waals surface area contributed by atoms with Gasteiger partial charge in [-0.3, -0.25) is 24.6 Å². The normalized spacial score (nSPS) is 14.4. The predicted molar refractivity (Wildman–Crippen MR) is 138 cm³/mol. The van der Waals surface area contributed by atoms with Crippen molar-refractivity contribution >= 4 is 63.3 Å². The Kier molecular flexibility index (Phi) is 8.24. The van der Waals surface area contributed by atoms with Crippen LogP contribution >= 0.6 is 24.0 Å². The fourth-order valence-electron chi connectivity index (χ4n) is 3.28. The van der Waals surface area contributed by atoms with Crippen molar-refractivity contribution < 1.29 is 19.2 Å². The summed E-state index contributed by atoms with van der Waals surface area (Å²) in [7, 11) is 1.62. The van der Waals surface area contributed by atoms with Crippen molar-refractivity contribution in [2.75, 3.05) is 37.0 Å². The van der Waals surface area contributed by atoms with Gasteiger partial charge in [-0.2, -0.15) is 0 Å². The molecule has 1 heterocycles. The molecule has 0 spiro atoms. The van der Waals surface area contributed by atoms with Crippen LogP contribution in [0.4, 0.5) is 17.1 Å². The van der Waals surface area contributed by atoms with Crippen molar-refractivity contribution in [2.24, 2.45) is 0 Å². The van der Waals surface area contributed by atoms with Gasteiger partial charge in [0.1, 0.15) is 10.1 Å². The molecule has 178 valence electrons. The van der Waals surface area contributed by atoms with Crippen molar-refractivity contribution in [2.45, 2.75) is 13.8 Å². The number of benzene rings is 2. The lowest BCUT2D eigenvalue weighted by Gasteiger charge is -2.22. The van der Waals surface area contributed by atoms with E-state index in [0.29, 0.717) is 26.2 Å². The van der Waals surface area contributed by atoms with Crippen molar-refractivity contribution in [3.63, 3.8) is 0 Å². The molecule has 1 aliphatic rings. The van der Waals surface area contributed by atoms with Gasteiger partial charge < -0.3 is 15.0 Å². The van der Waals surface area contributed by atoms with Crippen LogP contribution in [0.2, 0.25) is 0 Å². The summed E-state index contributed by atoms with van der Waals surface area (Å²) in [6, 6.07) is 11.3. The van der Waals surface area contributed by atoms with E-state index >= 15 is 0 Å². The van der Waals surface area contributed by atoms with E-state index in [4.69, 9.17) is 17.0 Å². The Morgan fingerprint density at radius 2 is 2.00 bits per heavy atom. The summed E-state index contributed by atoms with van der Waals surface area (Å²) in [5.74, 6) is -0.239. The molecular weight excluding hydrogens is 476 g/mol. The number of nitro groups is 1. The summed E-state index contributed by atoms with van der Waals surface area (Å²) >= 11 is 6.40. The van der Waals surface area contributed by atoms with Crippen molar-refractivity contribution in [3.05, 3.63) is 63.0 Å². The lowest BCUT2D eigenvalue weighted by Crippen LogP contribution is -2.23. The predicted octanol–water partition coefficient (Wildman–Crippen LogP) is 4.29. The third-order valence-electron chi connectivity index (χ3n) is 5.10. The topological polar surface area (TPSA) is 105 Å². The first-order chi connectivity index (χ1) is 16.2. The number of hydrogen-bond acceptors (Lipinski definition) is 8. The molecular formula is C23H24N4O5S2. The molecule has 1 fully saturated rings. The number of amides is 2. The first-order valence-corrected chi connectivity index (χ1v) is 11.7. The van der Waals surface area contributed by atoms with Gasteiger partial charge >= 0.3 is 0 Å². The minimum atomic E-state index is -0.532. The van der Waals surface area contributed by atoms with E-state index in [-0.39, 0.29) is 18.2 Å². The summed E-state index contributed by atoms with van der Waals surface area (Å²) in [5.41, 5.74) is 1.72. The van der Waals surface area contributed by atoms with Gasteiger partial charge in [-0.25, -0.2) is 0 Å². The minimum Gasteiger partial charge on any atom is -0.483 e. The van der Waals surface area contributed by atoms with E-state index in [9.17, 15) is 19.7 Å². The van der Waals surface area contributed by atoms with Crippen LogP contribution in [0.5, 0.6) is 5.75 Å². The van der Waals surface area contributed by atoms with Crippen LogP contribution in [0.1, 0.15) is 19.4 Å². The molecule has 0 aliphatic carbocycles. The maximum atomic E-state index is 12.5. The summed E-state index contributed by atoms with van der Waals surface area (Å²) in [4.78, 5) is 39.3. The molecule has 0 radical (unpaired) electrons. The maximum Gasteiger partial charge on any atom is 0.271 e. The van der Waals surface area contributed by atoms with E-state index < -0.39 is 10.8 Å². The zero-order chi connectivity index (χ0) is 24.8. The SMILES string of the molecule is CCN(CC)c1ccc(/C=C2\SC(=S)N(C)C2=O)c(OCC(=O)Nc2cccc([N+](=O)[O-])c2)c1. The Hall–Kier alpha value is -3.44. The van der Waals surface area contributed by atoms with Gasteiger partial charge in [-0.05, 0) is 38.1 Å². The third kappa shape index (κ3) is 5.91. The van der Waals surface area contributed by atoms with Gasteiger partial charge in [0.2, 0.25) is 0 Å². The molecule has 3 rings (SSSR count). The number of carbonyl (C=O) groups excluding carboxylic acids is 2. The summed E-state index contributed by atoms with van der Waals surface area (Å²) in [5, 5.41) is 13.6.